The zero-order valence-corrected chi connectivity index (χ0v) is 10.2. The summed E-state index contributed by atoms with van der Waals surface area (Å²) in [6.45, 7) is 5.19. The van der Waals surface area contributed by atoms with Gasteiger partial charge in [0.1, 0.15) is 12.1 Å². The Labute approximate surface area is 102 Å². The summed E-state index contributed by atoms with van der Waals surface area (Å²) < 4.78 is 10.8. The van der Waals surface area contributed by atoms with E-state index in [4.69, 9.17) is 9.47 Å². The van der Waals surface area contributed by atoms with Crippen LogP contribution in [0.1, 0.15) is 19.8 Å². The Balaban J connectivity index is 1.83. The first-order valence-corrected chi connectivity index (χ1v) is 6.15. The van der Waals surface area contributed by atoms with Gasteiger partial charge in [-0.3, -0.25) is 0 Å². The van der Waals surface area contributed by atoms with Crippen LogP contribution < -0.4 is 10.1 Å². The van der Waals surface area contributed by atoms with Crippen LogP contribution in [-0.4, -0.2) is 36.3 Å². The standard InChI is InChI=1S/C12H19N3O2/c1-2-17-12-6-11(14-9-15-12)13-7-10-4-3-5-16-8-10/h6,9-10H,2-5,7-8H2,1H3,(H,13,14,15). The van der Waals surface area contributed by atoms with Gasteiger partial charge in [0.15, 0.2) is 0 Å². The minimum Gasteiger partial charge on any atom is -0.478 e. The van der Waals surface area contributed by atoms with Crippen molar-refractivity contribution in [2.24, 2.45) is 5.92 Å². The number of rotatable bonds is 5. The van der Waals surface area contributed by atoms with Gasteiger partial charge in [-0.25, -0.2) is 9.97 Å². The Bertz CT molecular complexity index is 340. The molecule has 1 saturated heterocycles. The third kappa shape index (κ3) is 3.85. The lowest BCUT2D eigenvalue weighted by molar-refractivity contribution is 0.0595. The molecule has 2 heterocycles. The first-order chi connectivity index (χ1) is 8.38. The number of ether oxygens (including phenoxy) is 2. The smallest absolute Gasteiger partial charge is 0.218 e. The van der Waals surface area contributed by atoms with Crippen molar-refractivity contribution < 1.29 is 9.47 Å². The highest BCUT2D eigenvalue weighted by Crippen LogP contribution is 2.15. The van der Waals surface area contributed by atoms with Crippen molar-refractivity contribution in [3.05, 3.63) is 12.4 Å². The third-order valence-corrected chi connectivity index (χ3v) is 2.76. The molecule has 0 radical (unpaired) electrons. The van der Waals surface area contributed by atoms with Gasteiger partial charge in [-0.15, -0.1) is 0 Å². The highest BCUT2D eigenvalue weighted by molar-refractivity contribution is 5.37. The lowest BCUT2D eigenvalue weighted by atomic mass is 10.0. The molecule has 1 N–H and O–H groups in total. The van der Waals surface area contributed by atoms with Crippen LogP contribution in [-0.2, 0) is 4.74 Å². The molecule has 0 saturated carbocycles. The maximum absolute atomic E-state index is 5.44. The fraction of sp³-hybridized carbons (Fsp3) is 0.667. The predicted molar refractivity (Wildman–Crippen MR) is 65.2 cm³/mol. The van der Waals surface area contributed by atoms with Gasteiger partial charge in [0.25, 0.3) is 0 Å². The van der Waals surface area contributed by atoms with E-state index in [2.05, 4.69) is 15.3 Å². The maximum Gasteiger partial charge on any atom is 0.218 e. The van der Waals surface area contributed by atoms with E-state index in [1.807, 2.05) is 13.0 Å². The SMILES string of the molecule is CCOc1cc(NCC2CCCOC2)ncn1. The second kappa shape index (κ2) is 6.39. The van der Waals surface area contributed by atoms with E-state index in [9.17, 15) is 0 Å². The highest BCUT2D eigenvalue weighted by atomic mass is 16.5. The van der Waals surface area contributed by atoms with Crippen LogP contribution in [0, 0.1) is 5.92 Å². The Morgan fingerprint density at radius 3 is 3.24 bits per heavy atom. The summed E-state index contributed by atoms with van der Waals surface area (Å²) in [6, 6.07) is 1.83. The van der Waals surface area contributed by atoms with Gasteiger partial charge in [0.2, 0.25) is 5.88 Å². The van der Waals surface area contributed by atoms with Crippen LogP contribution in [0.3, 0.4) is 0 Å². The Morgan fingerprint density at radius 2 is 2.47 bits per heavy atom. The molecule has 5 heteroatoms. The van der Waals surface area contributed by atoms with Crippen LogP contribution in [0.2, 0.25) is 0 Å². The van der Waals surface area contributed by atoms with E-state index in [0.717, 1.165) is 32.0 Å². The normalized spacial score (nSPS) is 19.9. The maximum atomic E-state index is 5.44. The van der Waals surface area contributed by atoms with Gasteiger partial charge in [-0.05, 0) is 25.7 Å². The molecule has 1 unspecified atom stereocenters. The quantitative estimate of drug-likeness (QED) is 0.845. The van der Waals surface area contributed by atoms with Crippen LogP contribution >= 0.6 is 0 Å². The van der Waals surface area contributed by atoms with Gasteiger partial charge in [-0.2, -0.15) is 0 Å². The summed E-state index contributed by atoms with van der Waals surface area (Å²) in [6.07, 6.45) is 3.89. The number of nitrogens with one attached hydrogen (secondary N) is 1. The van der Waals surface area contributed by atoms with Gasteiger partial charge in [0, 0.05) is 19.2 Å². The van der Waals surface area contributed by atoms with E-state index in [0.29, 0.717) is 18.4 Å². The minimum atomic E-state index is 0.578. The van der Waals surface area contributed by atoms with E-state index in [-0.39, 0.29) is 0 Å². The number of aromatic nitrogens is 2. The van der Waals surface area contributed by atoms with Crippen LogP contribution in [0.4, 0.5) is 5.82 Å². The number of hydrogen-bond donors (Lipinski definition) is 1. The van der Waals surface area contributed by atoms with E-state index >= 15 is 0 Å². The largest absolute Gasteiger partial charge is 0.478 e. The molecule has 1 aliphatic rings. The van der Waals surface area contributed by atoms with E-state index in [1.165, 1.54) is 12.7 Å². The molecule has 5 nitrogen and oxygen atoms in total. The molecule has 1 atom stereocenters. The zero-order chi connectivity index (χ0) is 11.9. The summed E-state index contributed by atoms with van der Waals surface area (Å²) in [5.41, 5.74) is 0. The van der Waals surface area contributed by atoms with Crippen LogP contribution in [0.15, 0.2) is 12.4 Å². The van der Waals surface area contributed by atoms with Crippen molar-refractivity contribution in [2.45, 2.75) is 19.8 Å². The highest BCUT2D eigenvalue weighted by Gasteiger charge is 2.13. The molecule has 1 aromatic heterocycles. The molecule has 0 spiro atoms. The molecular formula is C12H19N3O2. The van der Waals surface area contributed by atoms with E-state index < -0.39 is 0 Å². The topological polar surface area (TPSA) is 56.3 Å². The molecule has 17 heavy (non-hydrogen) atoms. The second-order valence-corrected chi connectivity index (χ2v) is 4.14. The second-order valence-electron chi connectivity index (χ2n) is 4.14. The van der Waals surface area contributed by atoms with Gasteiger partial charge in [0.05, 0.1) is 13.2 Å². The van der Waals surface area contributed by atoms with Crippen LogP contribution in [0.5, 0.6) is 5.88 Å². The average molecular weight is 237 g/mol. The number of anilines is 1. The number of nitrogens with zero attached hydrogens (tertiary/aromatic N) is 2. The van der Waals surface area contributed by atoms with Crippen molar-refractivity contribution in [3.8, 4) is 5.88 Å². The van der Waals surface area contributed by atoms with Gasteiger partial charge < -0.3 is 14.8 Å². The Morgan fingerprint density at radius 1 is 1.53 bits per heavy atom. The summed E-state index contributed by atoms with van der Waals surface area (Å²) in [5, 5.41) is 3.30. The lowest BCUT2D eigenvalue weighted by Crippen LogP contribution is -2.24. The molecule has 1 aromatic rings. The third-order valence-electron chi connectivity index (χ3n) is 2.76. The molecule has 2 rings (SSSR count). The summed E-state index contributed by atoms with van der Waals surface area (Å²) >= 11 is 0. The molecule has 1 aliphatic heterocycles. The first-order valence-electron chi connectivity index (χ1n) is 6.15. The summed E-state index contributed by atoms with van der Waals surface area (Å²) in [5.74, 6) is 2.01. The molecule has 0 bridgehead atoms. The fourth-order valence-corrected chi connectivity index (χ4v) is 1.88. The molecular weight excluding hydrogens is 218 g/mol. The molecule has 0 amide bonds. The van der Waals surface area contributed by atoms with Crippen molar-refractivity contribution in [2.75, 3.05) is 31.7 Å². The van der Waals surface area contributed by atoms with E-state index in [1.54, 1.807) is 0 Å². The fourth-order valence-electron chi connectivity index (χ4n) is 1.88. The lowest BCUT2D eigenvalue weighted by Gasteiger charge is -2.22. The molecule has 0 aliphatic carbocycles. The molecule has 1 fully saturated rings. The Kier molecular flexibility index (Phi) is 4.55. The van der Waals surface area contributed by atoms with Crippen LogP contribution in [0.25, 0.3) is 0 Å². The minimum absolute atomic E-state index is 0.578. The zero-order valence-electron chi connectivity index (χ0n) is 10.2. The molecule has 94 valence electrons. The van der Waals surface area contributed by atoms with Crippen molar-refractivity contribution in [3.63, 3.8) is 0 Å². The molecule has 0 aromatic carbocycles. The average Bonchev–Trinajstić information content (AvgIpc) is 2.39. The first kappa shape index (κ1) is 12.1. The van der Waals surface area contributed by atoms with Crippen molar-refractivity contribution in [1.29, 1.82) is 0 Å². The van der Waals surface area contributed by atoms with Crippen molar-refractivity contribution >= 4 is 5.82 Å². The Hall–Kier alpha value is -1.36. The van der Waals surface area contributed by atoms with Gasteiger partial charge >= 0.3 is 0 Å². The van der Waals surface area contributed by atoms with Crippen molar-refractivity contribution in [1.82, 2.24) is 9.97 Å². The number of hydrogen-bond acceptors (Lipinski definition) is 5. The predicted octanol–water partition coefficient (Wildman–Crippen LogP) is 1.71. The summed E-state index contributed by atoms with van der Waals surface area (Å²) in [4.78, 5) is 8.19. The monoisotopic (exact) mass is 237 g/mol. The summed E-state index contributed by atoms with van der Waals surface area (Å²) in [7, 11) is 0. The van der Waals surface area contributed by atoms with Gasteiger partial charge in [-0.1, -0.05) is 0 Å².